The highest BCUT2D eigenvalue weighted by atomic mass is 79.9. The molecule has 1 nitrogen and oxygen atoms in total. The summed E-state index contributed by atoms with van der Waals surface area (Å²) in [5.74, 6) is -0.177. The molecule has 0 aromatic heterocycles. The molecule has 2 aromatic rings. The van der Waals surface area contributed by atoms with Gasteiger partial charge in [0.2, 0.25) is 0 Å². The molecule has 0 amide bonds. The third kappa shape index (κ3) is 2.92. The second kappa shape index (κ2) is 5.88. The van der Waals surface area contributed by atoms with Crippen LogP contribution >= 0.6 is 27.7 Å². The van der Waals surface area contributed by atoms with Gasteiger partial charge in [0.05, 0.1) is 0 Å². The minimum atomic E-state index is -0.177. The van der Waals surface area contributed by atoms with E-state index in [4.69, 9.17) is 5.73 Å². The predicted molar refractivity (Wildman–Crippen MR) is 85.6 cm³/mol. The number of hydrogen-bond donors (Lipinski definition) is 1. The number of thioether (sulfide) groups is 1. The van der Waals surface area contributed by atoms with E-state index in [9.17, 15) is 4.39 Å². The molecular weight excluding hydrogens is 337 g/mol. The number of hydrogen-bond acceptors (Lipinski definition) is 2. The second-order valence-electron chi connectivity index (χ2n) is 5.07. The molecule has 0 bridgehead atoms. The quantitative estimate of drug-likeness (QED) is 0.897. The summed E-state index contributed by atoms with van der Waals surface area (Å²) >= 11 is 5.19. The summed E-state index contributed by atoms with van der Waals surface area (Å²) in [4.78, 5) is 1.31. The molecule has 0 spiro atoms. The van der Waals surface area contributed by atoms with Gasteiger partial charge in [-0.2, -0.15) is 0 Å². The number of benzene rings is 2. The van der Waals surface area contributed by atoms with Crippen molar-refractivity contribution >= 4 is 27.7 Å². The Labute approximate surface area is 130 Å². The lowest BCUT2D eigenvalue weighted by atomic mass is 9.99. The van der Waals surface area contributed by atoms with Gasteiger partial charge in [0.1, 0.15) is 5.82 Å². The first-order valence-electron chi connectivity index (χ1n) is 6.57. The third-order valence-electron chi connectivity index (χ3n) is 3.61. The molecule has 1 heterocycles. The topological polar surface area (TPSA) is 26.0 Å². The average Bonchev–Trinajstić information content (AvgIpc) is 2.87. The lowest BCUT2D eigenvalue weighted by molar-refractivity contribution is 0.575. The van der Waals surface area contributed by atoms with E-state index < -0.39 is 0 Å². The van der Waals surface area contributed by atoms with Crippen molar-refractivity contribution in [3.63, 3.8) is 0 Å². The Kier molecular flexibility index (Phi) is 4.15. The van der Waals surface area contributed by atoms with E-state index >= 15 is 0 Å². The molecule has 0 radical (unpaired) electrons. The zero-order chi connectivity index (χ0) is 14.1. The van der Waals surface area contributed by atoms with E-state index in [1.165, 1.54) is 16.5 Å². The van der Waals surface area contributed by atoms with E-state index in [1.807, 2.05) is 23.9 Å². The van der Waals surface area contributed by atoms with Crippen LogP contribution in [0.15, 0.2) is 51.8 Å². The molecule has 104 valence electrons. The summed E-state index contributed by atoms with van der Waals surface area (Å²) in [5, 5.41) is 0.325. The fourth-order valence-corrected chi connectivity index (χ4v) is 4.26. The van der Waals surface area contributed by atoms with Gasteiger partial charge in [-0.25, -0.2) is 4.39 Å². The molecule has 1 aliphatic heterocycles. The summed E-state index contributed by atoms with van der Waals surface area (Å²) in [7, 11) is 0. The zero-order valence-corrected chi connectivity index (χ0v) is 13.3. The second-order valence-corrected chi connectivity index (χ2v) is 7.27. The molecule has 2 unspecified atom stereocenters. The van der Waals surface area contributed by atoms with Crippen LogP contribution in [0, 0.1) is 5.82 Å². The maximum atomic E-state index is 13.8. The Morgan fingerprint density at radius 1 is 1.30 bits per heavy atom. The minimum absolute atomic E-state index is 0.0452. The van der Waals surface area contributed by atoms with Crippen LogP contribution in [0.1, 0.15) is 11.1 Å². The van der Waals surface area contributed by atoms with Gasteiger partial charge in [0.25, 0.3) is 0 Å². The van der Waals surface area contributed by atoms with Crippen LogP contribution in [0.2, 0.25) is 0 Å². The van der Waals surface area contributed by atoms with Crippen molar-refractivity contribution in [2.75, 3.05) is 0 Å². The largest absolute Gasteiger partial charge is 0.326 e. The first-order chi connectivity index (χ1) is 9.63. The summed E-state index contributed by atoms with van der Waals surface area (Å²) in [6, 6.07) is 13.4. The van der Waals surface area contributed by atoms with Crippen molar-refractivity contribution in [1.82, 2.24) is 0 Å². The maximum absolute atomic E-state index is 13.8. The summed E-state index contributed by atoms with van der Waals surface area (Å²) < 4.78 is 14.7. The van der Waals surface area contributed by atoms with Crippen molar-refractivity contribution in [2.24, 2.45) is 5.73 Å². The molecule has 0 saturated carbocycles. The minimum Gasteiger partial charge on any atom is -0.326 e. The van der Waals surface area contributed by atoms with Crippen LogP contribution in [0.5, 0.6) is 0 Å². The highest BCUT2D eigenvalue weighted by molar-refractivity contribution is 9.10. The van der Waals surface area contributed by atoms with E-state index in [0.717, 1.165) is 10.9 Å². The first kappa shape index (κ1) is 14.1. The van der Waals surface area contributed by atoms with Crippen LogP contribution in [-0.4, -0.2) is 11.3 Å². The van der Waals surface area contributed by atoms with Crippen LogP contribution in [-0.2, 0) is 12.8 Å². The van der Waals surface area contributed by atoms with Crippen molar-refractivity contribution in [2.45, 2.75) is 29.0 Å². The lowest BCUT2D eigenvalue weighted by Crippen LogP contribution is -2.34. The molecule has 2 atom stereocenters. The lowest BCUT2D eigenvalue weighted by Gasteiger charge is -2.18. The number of rotatable bonds is 3. The summed E-state index contributed by atoms with van der Waals surface area (Å²) in [5.41, 5.74) is 8.34. The van der Waals surface area contributed by atoms with Crippen LogP contribution < -0.4 is 5.73 Å². The predicted octanol–water partition coefficient (Wildman–Crippen LogP) is 4.18. The SMILES string of the molecule is NC(Cc1cc(Br)ccc1F)C1Cc2ccccc2S1. The molecule has 0 fully saturated rings. The van der Waals surface area contributed by atoms with E-state index in [-0.39, 0.29) is 11.9 Å². The van der Waals surface area contributed by atoms with Gasteiger partial charge in [-0.1, -0.05) is 34.1 Å². The molecule has 0 saturated heterocycles. The van der Waals surface area contributed by atoms with E-state index in [2.05, 4.69) is 34.1 Å². The highest BCUT2D eigenvalue weighted by Gasteiger charge is 2.27. The van der Waals surface area contributed by atoms with E-state index in [0.29, 0.717) is 17.2 Å². The van der Waals surface area contributed by atoms with Crippen molar-refractivity contribution in [3.05, 3.63) is 63.9 Å². The monoisotopic (exact) mass is 351 g/mol. The Morgan fingerprint density at radius 3 is 2.90 bits per heavy atom. The Hall–Kier alpha value is -0.840. The van der Waals surface area contributed by atoms with E-state index in [1.54, 1.807) is 6.07 Å². The van der Waals surface area contributed by atoms with Gasteiger partial charge >= 0.3 is 0 Å². The molecule has 2 N–H and O–H groups in total. The molecule has 2 aromatic carbocycles. The highest BCUT2D eigenvalue weighted by Crippen LogP contribution is 2.38. The van der Waals surface area contributed by atoms with Gasteiger partial charge in [-0.05, 0) is 48.2 Å². The van der Waals surface area contributed by atoms with Crippen molar-refractivity contribution in [1.29, 1.82) is 0 Å². The molecule has 20 heavy (non-hydrogen) atoms. The van der Waals surface area contributed by atoms with Gasteiger partial charge < -0.3 is 5.73 Å². The average molecular weight is 352 g/mol. The van der Waals surface area contributed by atoms with Crippen LogP contribution in [0.3, 0.4) is 0 Å². The number of nitrogens with two attached hydrogens (primary N) is 1. The number of fused-ring (bicyclic) bond motifs is 1. The summed E-state index contributed by atoms with van der Waals surface area (Å²) in [6.07, 6.45) is 1.54. The molecule has 4 heteroatoms. The van der Waals surface area contributed by atoms with Gasteiger partial charge in [0.15, 0.2) is 0 Å². The smallest absolute Gasteiger partial charge is 0.126 e. The van der Waals surface area contributed by atoms with Crippen molar-refractivity contribution in [3.8, 4) is 0 Å². The standard InChI is InChI=1S/C16H15BrFNS/c17-12-5-6-13(18)11(7-12)8-14(19)16-9-10-3-1-2-4-15(10)20-16/h1-7,14,16H,8-9,19H2. The third-order valence-corrected chi connectivity index (χ3v) is 5.58. The van der Waals surface area contributed by atoms with Gasteiger partial charge in [0, 0.05) is 20.7 Å². The zero-order valence-electron chi connectivity index (χ0n) is 10.9. The van der Waals surface area contributed by atoms with Crippen molar-refractivity contribution < 1.29 is 4.39 Å². The Balaban J connectivity index is 1.72. The Bertz CT molecular complexity index is 607. The van der Waals surface area contributed by atoms with Gasteiger partial charge in [-0.3, -0.25) is 0 Å². The Morgan fingerprint density at radius 2 is 2.10 bits per heavy atom. The van der Waals surface area contributed by atoms with Crippen LogP contribution in [0.25, 0.3) is 0 Å². The molecule has 3 rings (SSSR count). The van der Waals surface area contributed by atoms with Gasteiger partial charge in [-0.15, -0.1) is 11.8 Å². The normalized spacial score (nSPS) is 18.9. The molecule has 1 aliphatic rings. The van der Waals surface area contributed by atoms with Crippen LogP contribution in [0.4, 0.5) is 4.39 Å². The summed E-state index contributed by atoms with van der Waals surface area (Å²) in [6.45, 7) is 0. The first-order valence-corrected chi connectivity index (χ1v) is 8.25. The number of halogens is 2. The molecular formula is C16H15BrFNS. The molecule has 0 aliphatic carbocycles. The fraction of sp³-hybridized carbons (Fsp3) is 0.250. The fourth-order valence-electron chi connectivity index (χ4n) is 2.53. The maximum Gasteiger partial charge on any atom is 0.126 e.